The molecule has 0 aliphatic heterocycles. The van der Waals surface area contributed by atoms with Crippen molar-refractivity contribution in [2.24, 2.45) is 5.73 Å². The molecular formula is C4H4FN3O. The molecule has 1 rings (SSSR count). The Kier molecular flexibility index (Phi) is 1.18. The minimum atomic E-state index is -0.824. The van der Waals surface area contributed by atoms with Crippen LogP contribution in [0.2, 0.25) is 0 Å². The number of primary amides is 1. The Morgan fingerprint density at radius 1 is 1.89 bits per heavy atom. The lowest BCUT2D eigenvalue weighted by molar-refractivity contribution is 0.0976. The van der Waals surface area contributed by atoms with Crippen LogP contribution >= 0.6 is 0 Å². The van der Waals surface area contributed by atoms with E-state index in [2.05, 4.69) is 5.10 Å². The highest BCUT2D eigenvalue weighted by atomic mass is 19.2. The number of amides is 1. The molecule has 9 heavy (non-hydrogen) atoms. The summed E-state index contributed by atoms with van der Waals surface area (Å²) in [5.41, 5.74) is 4.48. The van der Waals surface area contributed by atoms with Gasteiger partial charge in [0.15, 0.2) is 5.69 Å². The minimum absolute atomic E-state index is 0.0671. The van der Waals surface area contributed by atoms with Gasteiger partial charge in [-0.25, -0.2) is 0 Å². The highest BCUT2D eigenvalue weighted by Gasteiger charge is 2.05. The average Bonchev–Trinajstić information content (AvgIpc) is 2.13. The van der Waals surface area contributed by atoms with E-state index in [-0.39, 0.29) is 10.6 Å². The van der Waals surface area contributed by atoms with Crippen LogP contribution in [0.1, 0.15) is 10.5 Å². The molecule has 0 aliphatic carbocycles. The molecule has 0 aromatic carbocycles. The fourth-order valence-corrected chi connectivity index (χ4v) is 0.459. The quantitative estimate of drug-likeness (QED) is 0.566. The lowest BCUT2D eigenvalue weighted by Gasteiger charge is -1.86. The maximum atomic E-state index is 12.1. The molecule has 1 amide bonds. The first-order valence-corrected chi connectivity index (χ1v) is 2.22. The van der Waals surface area contributed by atoms with Gasteiger partial charge in [-0.2, -0.15) is 5.10 Å². The summed E-state index contributed by atoms with van der Waals surface area (Å²) in [6.45, 7) is 0. The van der Waals surface area contributed by atoms with E-state index in [1.165, 1.54) is 6.07 Å². The molecule has 0 unspecified atom stereocenters. The molecule has 5 heteroatoms. The predicted molar refractivity (Wildman–Crippen MR) is 27.3 cm³/mol. The van der Waals surface area contributed by atoms with Crippen molar-refractivity contribution < 1.29 is 9.28 Å². The Labute approximate surface area is 50.0 Å². The third kappa shape index (κ3) is 0.883. The molecular weight excluding hydrogens is 125 g/mol. The third-order valence-corrected chi connectivity index (χ3v) is 0.852. The van der Waals surface area contributed by atoms with Crippen molar-refractivity contribution in [2.45, 2.75) is 0 Å². The number of nitrogens with two attached hydrogens (primary N) is 1. The molecule has 0 spiro atoms. The van der Waals surface area contributed by atoms with E-state index < -0.39 is 5.91 Å². The molecule has 1 aromatic rings. The number of hydrogen-bond donors (Lipinski definition) is 1. The number of halogens is 1. The van der Waals surface area contributed by atoms with Gasteiger partial charge in [0.05, 0.1) is 6.20 Å². The van der Waals surface area contributed by atoms with Crippen LogP contribution in [0.25, 0.3) is 0 Å². The lowest BCUT2D eigenvalue weighted by atomic mass is 10.4. The molecule has 0 saturated heterocycles. The van der Waals surface area contributed by atoms with Crippen LogP contribution in [0, 0.1) is 0 Å². The SMILES string of the molecule is NC(=O)c1ccnn1F. The molecule has 0 bridgehead atoms. The Balaban J connectivity index is 3.08. The number of nitrogens with zero attached hydrogens (tertiary/aromatic N) is 2. The van der Waals surface area contributed by atoms with Gasteiger partial charge in [0, 0.05) is 0 Å². The van der Waals surface area contributed by atoms with Crippen LogP contribution in [0.15, 0.2) is 12.3 Å². The van der Waals surface area contributed by atoms with Gasteiger partial charge in [-0.15, -0.1) is 0 Å². The smallest absolute Gasteiger partial charge is 0.270 e. The molecule has 0 fully saturated rings. The molecule has 0 radical (unpaired) electrons. The second-order valence-electron chi connectivity index (χ2n) is 1.44. The van der Waals surface area contributed by atoms with Crippen LogP contribution in [-0.2, 0) is 0 Å². The number of aromatic nitrogens is 2. The van der Waals surface area contributed by atoms with Gasteiger partial charge in [-0.1, -0.05) is 9.39 Å². The van der Waals surface area contributed by atoms with Crippen molar-refractivity contribution in [3.8, 4) is 0 Å². The first kappa shape index (κ1) is 5.74. The number of carbonyl (C=O) groups is 1. The van der Waals surface area contributed by atoms with E-state index in [0.29, 0.717) is 0 Å². The largest absolute Gasteiger partial charge is 0.364 e. The second-order valence-corrected chi connectivity index (χ2v) is 1.44. The molecule has 4 nitrogen and oxygen atoms in total. The summed E-state index contributed by atoms with van der Waals surface area (Å²) in [7, 11) is 0. The average molecular weight is 129 g/mol. The van der Waals surface area contributed by atoms with Gasteiger partial charge in [-0.05, 0) is 6.07 Å². The topological polar surface area (TPSA) is 60.9 Å². The highest BCUT2D eigenvalue weighted by Crippen LogP contribution is 1.94. The molecule has 48 valence electrons. The fraction of sp³-hybridized carbons (Fsp3) is 0. The van der Waals surface area contributed by atoms with E-state index >= 15 is 0 Å². The van der Waals surface area contributed by atoms with Crippen molar-refractivity contribution >= 4 is 5.91 Å². The monoisotopic (exact) mass is 129 g/mol. The van der Waals surface area contributed by atoms with E-state index in [4.69, 9.17) is 5.73 Å². The summed E-state index contributed by atoms with van der Waals surface area (Å²) in [5.74, 6) is -0.824. The van der Waals surface area contributed by atoms with Gasteiger partial charge in [0.1, 0.15) is 0 Å². The van der Waals surface area contributed by atoms with Gasteiger partial charge >= 0.3 is 0 Å². The van der Waals surface area contributed by atoms with Crippen molar-refractivity contribution in [3.63, 3.8) is 0 Å². The zero-order chi connectivity index (χ0) is 6.85. The van der Waals surface area contributed by atoms with Crippen molar-refractivity contribution in [3.05, 3.63) is 18.0 Å². The highest BCUT2D eigenvalue weighted by molar-refractivity contribution is 5.90. The summed E-state index contributed by atoms with van der Waals surface area (Å²) in [6.07, 6.45) is 1.15. The lowest BCUT2D eigenvalue weighted by Crippen LogP contribution is -2.14. The number of rotatable bonds is 1. The van der Waals surface area contributed by atoms with E-state index in [0.717, 1.165) is 6.20 Å². The Morgan fingerprint density at radius 3 is 2.78 bits per heavy atom. The maximum Gasteiger partial charge on any atom is 0.270 e. The Morgan fingerprint density at radius 2 is 2.56 bits per heavy atom. The molecule has 0 aliphatic rings. The van der Waals surface area contributed by atoms with Gasteiger partial charge in [-0.3, -0.25) is 4.79 Å². The van der Waals surface area contributed by atoms with E-state index in [1.54, 1.807) is 0 Å². The predicted octanol–water partition coefficient (Wildman–Crippen LogP) is -0.285. The van der Waals surface area contributed by atoms with Crippen LogP contribution in [0.3, 0.4) is 0 Å². The second kappa shape index (κ2) is 1.85. The van der Waals surface area contributed by atoms with Crippen molar-refractivity contribution in [2.75, 3.05) is 0 Å². The summed E-state index contributed by atoms with van der Waals surface area (Å²) in [6, 6.07) is 1.20. The number of hydrogen-bond acceptors (Lipinski definition) is 2. The van der Waals surface area contributed by atoms with Gasteiger partial charge in [0.25, 0.3) is 5.91 Å². The van der Waals surface area contributed by atoms with E-state index in [9.17, 15) is 9.28 Å². The van der Waals surface area contributed by atoms with E-state index in [1.807, 2.05) is 0 Å². The molecule has 2 N–H and O–H groups in total. The zero-order valence-electron chi connectivity index (χ0n) is 4.41. The van der Waals surface area contributed by atoms with Crippen LogP contribution in [-0.4, -0.2) is 15.9 Å². The standard InChI is InChI=1S/C4H4FN3O/c5-8-3(4(6)9)1-2-7-8/h1-2H,(H2,6,9). The Bertz CT molecular complexity index is 231. The summed E-state index contributed by atoms with van der Waals surface area (Å²) >= 11 is 0. The summed E-state index contributed by atoms with van der Waals surface area (Å²) in [4.78, 5) is 10.1. The normalized spacial score (nSPS) is 9.44. The minimum Gasteiger partial charge on any atom is -0.364 e. The molecule has 1 aromatic heterocycles. The van der Waals surface area contributed by atoms with Gasteiger partial charge in [0.2, 0.25) is 0 Å². The molecule has 1 heterocycles. The molecule has 0 saturated carbocycles. The van der Waals surface area contributed by atoms with Crippen LogP contribution in [0.4, 0.5) is 4.48 Å². The van der Waals surface area contributed by atoms with Crippen LogP contribution in [0.5, 0.6) is 0 Å². The summed E-state index contributed by atoms with van der Waals surface area (Å²) < 4.78 is 12.1. The zero-order valence-corrected chi connectivity index (χ0v) is 4.41. The Hall–Kier alpha value is -1.39. The van der Waals surface area contributed by atoms with Crippen molar-refractivity contribution in [1.29, 1.82) is 0 Å². The first-order valence-electron chi connectivity index (χ1n) is 2.22. The first-order chi connectivity index (χ1) is 4.22. The molecule has 0 atom stereocenters. The van der Waals surface area contributed by atoms with Gasteiger partial charge < -0.3 is 5.73 Å². The summed E-state index contributed by atoms with van der Waals surface area (Å²) in [5, 5.41) is 3.09. The third-order valence-electron chi connectivity index (χ3n) is 0.852. The fourth-order valence-electron chi connectivity index (χ4n) is 0.459. The van der Waals surface area contributed by atoms with Crippen LogP contribution < -0.4 is 5.73 Å². The van der Waals surface area contributed by atoms with Crippen molar-refractivity contribution in [1.82, 2.24) is 10.0 Å². The number of carbonyl (C=O) groups excluding carboxylic acids is 1. The maximum absolute atomic E-state index is 12.1.